The number of aryl methyl sites for hydroxylation is 2. The molecule has 2 heterocycles. The van der Waals surface area contributed by atoms with Crippen molar-refractivity contribution < 1.29 is 14.3 Å². The van der Waals surface area contributed by atoms with Gasteiger partial charge in [-0.1, -0.05) is 30.3 Å². The molecule has 0 N–H and O–H groups in total. The van der Waals surface area contributed by atoms with E-state index in [-0.39, 0.29) is 17.8 Å². The Labute approximate surface area is 153 Å². The monoisotopic (exact) mass is 352 g/mol. The highest BCUT2D eigenvalue weighted by atomic mass is 16.5. The molecule has 26 heavy (non-hydrogen) atoms. The lowest BCUT2D eigenvalue weighted by molar-refractivity contribution is -0.136. The number of hydrogen-bond acceptors (Lipinski definition) is 5. The summed E-state index contributed by atoms with van der Waals surface area (Å²) in [6.07, 6.45) is 0.861. The number of esters is 1. The van der Waals surface area contributed by atoms with Crippen molar-refractivity contribution in [1.82, 2.24) is 4.98 Å². The smallest absolute Gasteiger partial charge is 0.315 e. The molecule has 0 spiro atoms. The summed E-state index contributed by atoms with van der Waals surface area (Å²) in [5.41, 5.74) is 2.92. The number of morpholine rings is 1. The van der Waals surface area contributed by atoms with Crippen molar-refractivity contribution in [2.24, 2.45) is 5.92 Å². The van der Waals surface area contributed by atoms with E-state index in [1.807, 2.05) is 38.1 Å². The Bertz CT molecular complexity index is 777. The first-order chi connectivity index (χ1) is 12.6. The van der Waals surface area contributed by atoms with Gasteiger partial charge < -0.3 is 14.4 Å². The van der Waals surface area contributed by atoms with Crippen LogP contribution >= 0.6 is 0 Å². The molecule has 5 heteroatoms. The summed E-state index contributed by atoms with van der Waals surface area (Å²) in [7, 11) is 0. The van der Waals surface area contributed by atoms with Crippen molar-refractivity contribution in [2.45, 2.75) is 26.2 Å². The van der Waals surface area contributed by atoms with Crippen molar-refractivity contribution in [3.05, 3.63) is 53.2 Å². The molecule has 1 aromatic carbocycles. The first-order valence-corrected chi connectivity index (χ1v) is 9.21. The van der Waals surface area contributed by atoms with Crippen LogP contribution in [-0.2, 0) is 9.53 Å². The van der Waals surface area contributed by atoms with E-state index in [1.165, 1.54) is 5.56 Å². The second kappa shape index (κ2) is 7.08. The van der Waals surface area contributed by atoms with Crippen LogP contribution in [0.25, 0.3) is 0 Å². The zero-order chi connectivity index (χ0) is 18.1. The summed E-state index contributed by atoms with van der Waals surface area (Å²) in [6, 6.07) is 12.2. The van der Waals surface area contributed by atoms with E-state index < -0.39 is 0 Å². The second-order valence-corrected chi connectivity index (χ2v) is 7.09. The molecule has 5 nitrogen and oxygen atoms in total. The van der Waals surface area contributed by atoms with Crippen LogP contribution in [0.5, 0.6) is 5.75 Å². The molecule has 0 bridgehead atoms. The Hall–Kier alpha value is -2.40. The van der Waals surface area contributed by atoms with E-state index in [9.17, 15) is 4.79 Å². The minimum Gasteiger partial charge on any atom is -0.424 e. The maximum Gasteiger partial charge on any atom is 0.315 e. The Kier molecular flexibility index (Phi) is 4.64. The topological polar surface area (TPSA) is 51.7 Å². The van der Waals surface area contributed by atoms with Crippen molar-refractivity contribution in [1.29, 1.82) is 0 Å². The average Bonchev–Trinajstić information content (AvgIpc) is 3.47. The zero-order valence-corrected chi connectivity index (χ0v) is 15.3. The summed E-state index contributed by atoms with van der Waals surface area (Å²) in [6.45, 7) is 7.00. The van der Waals surface area contributed by atoms with E-state index in [4.69, 9.17) is 9.47 Å². The Morgan fingerprint density at radius 2 is 1.92 bits per heavy atom. The van der Waals surface area contributed by atoms with Gasteiger partial charge in [-0.2, -0.15) is 0 Å². The third kappa shape index (κ3) is 3.44. The predicted octanol–water partition coefficient (Wildman–Crippen LogP) is 3.24. The standard InChI is InChI=1S/C21H24N2O3/c1-14-12-19(23-8-10-25-11-9-23)22-15(2)20(14)26-21(24)18-13-17(18)16-6-4-3-5-7-16/h3-7,12,17-18H,8-11,13H2,1-2H3. The summed E-state index contributed by atoms with van der Waals surface area (Å²) in [4.78, 5) is 19.4. The van der Waals surface area contributed by atoms with Gasteiger partial charge in [-0.3, -0.25) is 4.79 Å². The van der Waals surface area contributed by atoms with Gasteiger partial charge in [-0.05, 0) is 43.4 Å². The fourth-order valence-electron chi connectivity index (χ4n) is 3.61. The highest BCUT2D eigenvalue weighted by Crippen LogP contribution is 2.48. The summed E-state index contributed by atoms with van der Waals surface area (Å²) in [5.74, 6) is 1.62. The molecule has 1 saturated carbocycles. The van der Waals surface area contributed by atoms with E-state index in [0.29, 0.717) is 5.75 Å². The van der Waals surface area contributed by atoms with Gasteiger partial charge in [0, 0.05) is 13.1 Å². The first-order valence-electron chi connectivity index (χ1n) is 9.21. The molecular weight excluding hydrogens is 328 g/mol. The molecule has 2 aliphatic rings. The first kappa shape index (κ1) is 17.0. The van der Waals surface area contributed by atoms with E-state index in [2.05, 4.69) is 22.0 Å². The number of anilines is 1. The highest BCUT2D eigenvalue weighted by Gasteiger charge is 2.45. The van der Waals surface area contributed by atoms with Crippen molar-refractivity contribution >= 4 is 11.8 Å². The number of pyridine rings is 1. The van der Waals surface area contributed by atoms with Gasteiger partial charge in [0.1, 0.15) is 5.82 Å². The maximum absolute atomic E-state index is 12.6. The molecule has 0 amide bonds. The SMILES string of the molecule is Cc1cc(N2CCOCC2)nc(C)c1OC(=O)C1CC1c1ccccc1. The van der Waals surface area contributed by atoms with Crippen LogP contribution in [-0.4, -0.2) is 37.3 Å². The molecule has 136 valence electrons. The molecule has 2 atom stereocenters. The van der Waals surface area contributed by atoms with Gasteiger partial charge in [-0.15, -0.1) is 0 Å². The molecule has 2 aromatic rings. The second-order valence-electron chi connectivity index (χ2n) is 7.09. The molecule has 1 saturated heterocycles. The van der Waals surface area contributed by atoms with Gasteiger partial charge >= 0.3 is 5.97 Å². The number of nitrogens with zero attached hydrogens (tertiary/aromatic N) is 2. The van der Waals surface area contributed by atoms with Crippen LogP contribution in [0, 0.1) is 19.8 Å². The number of benzene rings is 1. The van der Waals surface area contributed by atoms with Gasteiger partial charge in [0.15, 0.2) is 5.75 Å². The number of carbonyl (C=O) groups is 1. The lowest BCUT2D eigenvalue weighted by Gasteiger charge is -2.28. The summed E-state index contributed by atoms with van der Waals surface area (Å²) < 4.78 is 11.1. The number of carbonyl (C=O) groups excluding carboxylic acids is 1. The average molecular weight is 352 g/mol. The number of aromatic nitrogens is 1. The van der Waals surface area contributed by atoms with Gasteiger partial charge in [0.2, 0.25) is 0 Å². The van der Waals surface area contributed by atoms with Crippen LogP contribution in [0.4, 0.5) is 5.82 Å². The van der Waals surface area contributed by atoms with Gasteiger partial charge in [0.25, 0.3) is 0 Å². The molecule has 2 unspecified atom stereocenters. The molecule has 0 radical (unpaired) electrons. The fraction of sp³-hybridized carbons (Fsp3) is 0.429. The molecule has 1 aliphatic carbocycles. The molecule has 1 aromatic heterocycles. The zero-order valence-electron chi connectivity index (χ0n) is 15.3. The Morgan fingerprint density at radius 3 is 2.62 bits per heavy atom. The Balaban J connectivity index is 1.46. The lowest BCUT2D eigenvalue weighted by atomic mass is 10.1. The van der Waals surface area contributed by atoms with Gasteiger partial charge in [-0.25, -0.2) is 4.98 Å². The van der Waals surface area contributed by atoms with Crippen LogP contribution in [0.2, 0.25) is 0 Å². The van der Waals surface area contributed by atoms with E-state index in [0.717, 1.165) is 49.8 Å². The quantitative estimate of drug-likeness (QED) is 0.791. The summed E-state index contributed by atoms with van der Waals surface area (Å²) >= 11 is 0. The van der Waals surface area contributed by atoms with Crippen LogP contribution in [0.3, 0.4) is 0 Å². The number of rotatable bonds is 4. The highest BCUT2D eigenvalue weighted by molar-refractivity contribution is 5.80. The van der Waals surface area contributed by atoms with Crippen LogP contribution < -0.4 is 9.64 Å². The normalized spacial score (nSPS) is 22.2. The molecule has 4 rings (SSSR count). The van der Waals surface area contributed by atoms with Gasteiger partial charge in [0.05, 0.1) is 24.8 Å². The molecule has 2 fully saturated rings. The van der Waals surface area contributed by atoms with Crippen molar-refractivity contribution in [2.75, 3.05) is 31.2 Å². The minimum atomic E-state index is -0.147. The predicted molar refractivity (Wildman–Crippen MR) is 99.7 cm³/mol. The van der Waals surface area contributed by atoms with Crippen molar-refractivity contribution in [3.63, 3.8) is 0 Å². The fourth-order valence-corrected chi connectivity index (χ4v) is 3.61. The molecule has 1 aliphatic heterocycles. The number of hydrogen-bond donors (Lipinski definition) is 0. The van der Waals surface area contributed by atoms with E-state index >= 15 is 0 Å². The Morgan fingerprint density at radius 1 is 1.19 bits per heavy atom. The van der Waals surface area contributed by atoms with Crippen LogP contribution in [0.1, 0.15) is 29.2 Å². The number of ether oxygens (including phenoxy) is 2. The third-order valence-electron chi connectivity index (χ3n) is 5.17. The largest absolute Gasteiger partial charge is 0.424 e. The van der Waals surface area contributed by atoms with E-state index in [1.54, 1.807) is 0 Å². The lowest BCUT2D eigenvalue weighted by Crippen LogP contribution is -2.36. The summed E-state index contributed by atoms with van der Waals surface area (Å²) in [5, 5.41) is 0. The third-order valence-corrected chi connectivity index (χ3v) is 5.17. The minimum absolute atomic E-state index is 0.0462. The van der Waals surface area contributed by atoms with Crippen LogP contribution in [0.15, 0.2) is 36.4 Å². The maximum atomic E-state index is 12.6. The molecular formula is C21H24N2O3. The van der Waals surface area contributed by atoms with Crippen molar-refractivity contribution in [3.8, 4) is 5.75 Å².